The van der Waals surface area contributed by atoms with Crippen LogP contribution < -0.4 is 11.5 Å². The fraction of sp³-hybridized carbons (Fsp3) is 0.733. The van der Waals surface area contributed by atoms with Crippen molar-refractivity contribution in [2.45, 2.75) is 52.0 Å². The molecule has 0 saturated heterocycles. The van der Waals surface area contributed by atoms with Crippen molar-refractivity contribution >= 4 is 20.7 Å². The van der Waals surface area contributed by atoms with Gasteiger partial charge >= 0.3 is 8.80 Å². The van der Waals surface area contributed by atoms with E-state index in [1.165, 1.54) is 0 Å². The fourth-order valence-corrected chi connectivity index (χ4v) is 5.65. The Morgan fingerprint density at radius 1 is 0.926 bits per heavy atom. The van der Waals surface area contributed by atoms with Gasteiger partial charge in [-0.25, -0.2) is 0 Å². The molecule has 0 radical (unpaired) electrons. The van der Waals surface area contributed by atoms with Gasteiger partial charge in [-0.15, -0.1) is 10.2 Å². The molecule has 152 valence electrons. The maximum Gasteiger partial charge on any atom is 0.500 e. The Morgan fingerprint density at radius 2 is 1.52 bits per heavy atom. The van der Waals surface area contributed by atoms with Crippen LogP contribution in [0, 0.1) is 0 Å². The maximum absolute atomic E-state index is 5.92. The minimum atomic E-state index is -2.67. The summed E-state index contributed by atoms with van der Waals surface area (Å²) >= 11 is 0. The van der Waals surface area contributed by atoms with Crippen LogP contribution in [-0.4, -0.2) is 59.0 Å². The third-order valence-electron chi connectivity index (χ3n) is 4.02. The topological polar surface area (TPSA) is 163 Å². The fourth-order valence-electron chi connectivity index (χ4n) is 3.01. The average molecular weight is 399 g/mol. The normalized spacial score (nSPS) is 13.1. The van der Waals surface area contributed by atoms with Crippen LogP contribution in [0.25, 0.3) is 0 Å². The van der Waals surface area contributed by atoms with Crippen LogP contribution in [-0.2, 0) is 19.7 Å². The van der Waals surface area contributed by atoms with E-state index in [1.54, 1.807) is 0 Å². The number of H-pyrrole nitrogens is 2. The van der Waals surface area contributed by atoms with Gasteiger partial charge in [0.2, 0.25) is 11.9 Å². The number of hydrogen-bond donors (Lipinski definition) is 4. The van der Waals surface area contributed by atoms with Crippen molar-refractivity contribution in [3.8, 4) is 0 Å². The monoisotopic (exact) mass is 398 g/mol. The summed E-state index contributed by atoms with van der Waals surface area (Å²) in [6.07, 6.45) is 2.23. The van der Waals surface area contributed by atoms with Gasteiger partial charge in [-0.1, -0.05) is 0 Å². The van der Waals surface area contributed by atoms with Crippen molar-refractivity contribution in [1.82, 2.24) is 30.4 Å². The zero-order chi connectivity index (χ0) is 19.7. The smallest absolute Gasteiger partial charge is 0.374 e. The van der Waals surface area contributed by atoms with E-state index < -0.39 is 8.80 Å². The summed E-state index contributed by atoms with van der Waals surface area (Å²) < 4.78 is 17.8. The lowest BCUT2D eigenvalue weighted by atomic mass is 9.99. The van der Waals surface area contributed by atoms with Gasteiger partial charge < -0.3 is 24.7 Å². The lowest BCUT2D eigenvalue weighted by Gasteiger charge is -2.28. The second-order valence-electron chi connectivity index (χ2n) is 5.99. The Balaban J connectivity index is 2.05. The molecule has 0 spiro atoms. The number of nitrogens with two attached hydrogens (primary N) is 2. The number of rotatable bonds is 13. The Bertz CT molecular complexity index is 663. The molecular formula is C15H30N8O3Si. The van der Waals surface area contributed by atoms with E-state index in [0.717, 1.165) is 18.9 Å². The Kier molecular flexibility index (Phi) is 8.15. The number of nitrogens with zero attached hydrogens (tertiary/aromatic N) is 4. The van der Waals surface area contributed by atoms with E-state index in [4.69, 9.17) is 24.7 Å². The van der Waals surface area contributed by atoms with E-state index in [9.17, 15) is 0 Å². The number of aromatic nitrogens is 6. The van der Waals surface area contributed by atoms with Crippen molar-refractivity contribution in [1.29, 1.82) is 0 Å². The maximum atomic E-state index is 5.92. The number of hydrogen-bond acceptors (Lipinski definition) is 9. The van der Waals surface area contributed by atoms with E-state index in [2.05, 4.69) is 30.4 Å². The van der Waals surface area contributed by atoms with Gasteiger partial charge in [0, 0.05) is 38.2 Å². The first-order valence-corrected chi connectivity index (χ1v) is 11.2. The number of aromatic amines is 2. The zero-order valence-electron chi connectivity index (χ0n) is 16.2. The molecule has 1 atom stereocenters. The van der Waals surface area contributed by atoms with Crippen molar-refractivity contribution < 1.29 is 13.3 Å². The molecule has 1 unspecified atom stereocenters. The first-order valence-electron chi connectivity index (χ1n) is 9.28. The van der Waals surface area contributed by atoms with Gasteiger partial charge in [0.25, 0.3) is 0 Å². The minimum absolute atomic E-state index is 0.0266. The molecule has 0 aliphatic rings. The zero-order valence-corrected chi connectivity index (χ0v) is 17.2. The standard InChI is InChI=1S/C15H30N8O3Si/c1-4-24-27(25-5-2,26-6-3)9-7-8-11(13-19-15(17)23-21-13)10-12-18-14(16)22-20-12/h11H,4-10H2,1-3H3,(H3,16,18,20,22)(H3,17,19,21,23). The minimum Gasteiger partial charge on any atom is -0.374 e. The van der Waals surface area contributed by atoms with Crippen molar-refractivity contribution in [2.75, 3.05) is 31.3 Å². The quantitative estimate of drug-likeness (QED) is 0.363. The van der Waals surface area contributed by atoms with Gasteiger partial charge in [0.05, 0.1) is 0 Å². The summed E-state index contributed by atoms with van der Waals surface area (Å²) in [5, 5.41) is 13.5. The highest BCUT2D eigenvalue weighted by molar-refractivity contribution is 6.60. The van der Waals surface area contributed by atoms with Gasteiger partial charge in [0.1, 0.15) is 11.6 Å². The van der Waals surface area contributed by atoms with Crippen LogP contribution in [0.4, 0.5) is 11.9 Å². The van der Waals surface area contributed by atoms with Crippen molar-refractivity contribution in [3.05, 3.63) is 11.6 Å². The van der Waals surface area contributed by atoms with Crippen LogP contribution in [0.1, 0.15) is 51.2 Å². The lowest BCUT2D eigenvalue weighted by Crippen LogP contribution is -2.46. The van der Waals surface area contributed by atoms with Crippen LogP contribution in [0.3, 0.4) is 0 Å². The summed E-state index contributed by atoms with van der Waals surface area (Å²) in [5.41, 5.74) is 11.3. The molecule has 2 aromatic heterocycles. The predicted octanol–water partition coefficient (Wildman–Crippen LogP) is 1.24. The number of nitrogens with one attached hydrogen (secondary N) is 2. The first kappa shape index (κ1) is 21.3. The first-order chi connectivity index (χ1) is 13.0. The molecule has 2 aromatic rings. The van der Waals surface area contributed by atoms with Crippen LogP contribution in [0.5, 0.6) is 0 Å². The highest BCUT2D eigenvalue weighted by Gasteiger charge is 2.40. The molecule has 0 fully saturated rings. The van der Waals surface area contributed by atoms with Gasteiger partial charge in [-0.2, -0.15) is 9.97 Å². The lowest BCUT2D eigenvalue weighted by molar-refractivity contribution is 0.0705. The predicted molar refractivity (Wildman–Crippen MR) is 103 cm³/mol. The van der Waals surface area contributed by atoms with E-state index >= 15 is 0 Å². The second kappa shape index (κ2) is 10.3. The summed E-state index contributed by atoms with van der Waals surface area (Å²) in [7, 11) is -2.67. The third kappa shape index (κ3) is 6.27. The van der Waals surface area contributed by atoms with Crippen LogP contribution in [0.15, 0.2) is 0 Å². The van der Waals surface area contributed by atoms with Gasteiger partial charge in [0.15, 0.2) is 0 Å². The van der Waals surface area contributed by atoms with E-state index in [-0.39, 0.29) is 17.8 Å². The third-order valence-corrected chi connectivity index (χ3v) is 7.18. The number of nitrogen functional groups attached to an aromatic ring is 2. The Labute approximate surface area is 160 Å². The molecule has 6 N–H and O–H groups in total. The molecule has 0 aliphatic carbocycles. The van der Waals surface area contributed by atoms with Gasteiger partial charge in [-0.05, 0) is 33.6 Å². The Morgan fingerprint density at radius 3 is 2.00 bits per heavy atom. The SMILES string of the molecule is CCO[Si](CCCC(Cc1nc(N)n[nH]1)c1nc(N)n[nH]1)(OCC)OCC. The van der Waals surface area contributed by atoms with Gasteiger partial charge in [-0.3, -0.25) is 10.2 Å². The highest BCUT2D eigenvalue weighted by atomic mass is 28.4. The molecule has 2 heterocycles. The molecule has 12 heteroatoms. The summed E-state index contributed by atoms with van der Waals surface area (Å²) in [6, 6.07) is 0.723. The number of anilines is 2. The molecular weight excluding hydrogens is 368 g/mol. The molecule has 0 aromatic carbocycles. The molecule has 0 bridgehead atoms. The van der Waals surface area contributed by atoms with Crippen molar-refractivity contribution in [3.63, 3.8) is 0 Å². The second-order valence-corrected chi connectivity index (χ2v) is 8.73. The van der Waals surface area contributed by atoms with Crippen LogP contribution >= 0.6 is 0 Å². The van der Waals surface area contributed by atoms with Crippen LogP contribution in [0.2, 0.25) is 6.04 Å². The summed E-state index contributed by atoms with van der Waals surface area (Å²) in [5.74, 6) is 1.86. The summed E-state index contributed by atoms with van der Waals surface area (Å²) in [4.78, 5) is 8.45. The molecule has 0 aliphatic heterocycles. The highest BCUT2D eigenvalue weighted by Crippen LogP contribution is 2.27. The summed E-state index contributed by atoms with van der Waals surface area (Å²) in [6.45, 7) is 7.54. The molecule has 2 rings (SSSR count). The molecule has 0 saturated carbocycles. The van der Waals surface area contributed by atoms with Crippen molar-refractivity contribution in [2.24, 2.45) is 0 Å². The average Bonchev–Trinajstić information content (AvgIpc) is 3.23. The molecule has 0 amide bonds. The van der Waals surface area contributed by atoms with E-state index in [0.29, 0.717) is 37.9 Å². The molecule has 11 nitrogen and oxygen atoms in total. The Hall–Kier alpha value is -2.02. The largest absolute Gasteiger partial charge is 0.500 e. The van der Waals surface area contributed by atoms with E-state index in [1.807, 2.05) is 20.8 Å². The molecule has 27 heavy (non-hydrogen) atoms.